The molecule has 0 aliphatic carbocycles. The van der Waals surface area contributed by atoms with Gasteiger partial charge in [0.15, 0.2) is 0 Å². The highest BCUT2D eigenvalue weighted by Crippen LogP contribution is 2.34. The quantitative estimate of drug-likeness (QED) is 0.207. The van der Waals surface area contributed by atoms with Crippen molar-refractivity contribution in [2.45, 2.75) is 6.42 Å². The average Bonchev–Trinajstić information content (AvgIpc) is 2.95. The van der Waals surface area contributed by atoms with Crippen LogP contribution in [0.3, 0.4) is 0 Å². The van der Waals surface area contributed by atoms with E-state index in [1.807, 2.05) is 18.2 Å². The Hall–Kier alpha value is -3.99. The summed E-state index contributed by atoms with van der Waals surface area (Å²) >= 11 is 2.21. The van der Waals surface area contributed by atoms with Crippen LogP contribution in [0.2, 0.25) is 0 Å². The highest BCUT2D eigenvalue weighted by atomic mass is 127. The zero-order chi connectivity index (χ0) is 23.7. The number of nitrogens with zero attached hydrogens (tertiary/aromatic N) is 2. The molecule has 2 heterocycles. The summed E-state index contributed by atoms with van der Waals surface area (Å²) in [5.74, 6) is 0.155. The van der Waals surface area contributed by atoms with Crippen molar-refractivity contribution in [1.29, 1.82) is 0 Å². The molecule has 0 atom stereocenters. The van der Waals surface area contributed by atoms with Crippen molar-refractivity contribution in [3.8, 4) is 17.0 Å². The lowest BCUT2D eigenvalue weighted by Crippen LogP contribution is -2.13. The topological polar surface area (TPSA) is 116 Å². The van der Waals surface area contributed by atoms with E-state index in [0.717, 1.165) is 20.4 Å². The fourth-order valence-corrected chi connectivity index (χ4v) is 4.10. The summed E-state index contributed by atoms with van der Waals surface area (Å²) in [7, 11) is 0. The van der Waals surface area contributed by atoms with Gasteiger partial charge in [-0.3, -0.25) is 9.59 Å². The van der Waals surface area contributed by atoms with Crippen LogP contribution >= 0.6 is 22.6 Å². The van der Waals surface area contributed by atoms with Crippen LogP contribution in [0.15, 0.2) is 72.9 Å². The zero-order valence-corrected chi connectivity index (χ0v) is 19.8. The van der Waals surface area contributed by atoms with Crippen LogP contribution in [0, 0.1) is 3.57 Å². The molecule has 0 saturated heterocycles. The summed E-state index contributed by atoms with van der Waals surface area (Å²) in [4.78, 5) is 33.8. The standard InChI is InChI=1S/C25H18IN5O3/c26-16-3-10-20-21(12-16)30-22(33)11-15-13-27-25(31-23(15)20)29-18-4-1-14(2-5-18)24(34)28-17-6-8-19(32)9-7-17/h1-10,12-13,32H,11H2,(H,28,34)(H,30,33)(H,27,29,31). The van der Waals surface area contributed by atoms with Gasteiger partial charge in [-0.15, -0.1) is 0 Å². The highest BCUT2D eigenvalue weighted by molar-refractivity contribution is 14.1. The fourth-order valence-electron chi connectivity index (χ4n) is 3.61. The molecule has 0 radical (unpaired) electrons. The minimum atomic E-state index is -0.262. The monoisotopic (exact) mass is 563 g/mol. The van der Waals surface area contributed by atoms with E-state index in [4.69, 9.17) is 0 Å². The third kappa shape index (κ3) is 4.69. The molecule has 0 spiro atoms. The first-order valence-corrected chi connectivity index (χ1v) is 11.5. The Balaban J connectivity index is 1.35. The predicted octanol–water partition coefficient (Wildman–Crippen LogP) is 4.94. The molecule has 3 aromatic carbocycles. The van der Waals surface area contributed by atoms with E-state index >= 15 is 0 Å². The number of hydrogen-bond acceptors (Lipinski definition) is 6. The van der Waals surface area contributed by atoms with E-state index in [0.29, 0.717) is 28.6 Å². The number of aromatic nitrogens is 2. The average molecular weight is 563 g/mol. The molecule has 0 unspecified atom stereocenters. The smallest absolute Gasteiger partial charge is 0.255 e. The number of carbonyl (C=O) groups excluding carboxylic acids is 2. The summed E-state index contributed by atoms with van der Waals surface area (Å²) in [5, 5.41) is 18.2. The fraction of sp³-hybridized carbons (Fsp3) is 0.0400. The highest BCUT2D eigenvalue weighted by Gasteiger charge is 2.21. The van der Waals surface area contributed by atoms with E-state index in [2.05, 4.69) is 48.5 Å². The number of phenolic OH excluding ortho intramolecular Hbond substituents is 1. The van der Waals surface area contributed by atoms with Crippen LogP contribution in [0.1, 0.15) is 15.9 Å². The maximum absolute atomic E-state index is 12.5. The van der Waals surface area contributed by atoms with Gasteiger partial charge in [-0.25, -0.2) is 9.97 Å². The molecule has 168 valence electrons. The molecular weight excluding hydrogens is 545 g/mol. The number of rotatable bonds is 4. The van der Waals surface area contributed by atoms with Gasteiger partial charge in [0.25, 0.3) is 5.91 Å². The van der Waals surface area contributed by atoms with Gasteiger partial charge in [0.2, 0.25) is 11.9 Å². The second-order valence-electron chi connectivity index (χ2n) is 7.69. The number of amides is 2. The Morgan fingerprint density at radius 3 is 2.50 bits per heavy atom. The third-order valence-electron chi connectivity index (χ3n) is 5.25. The Morgan fingerprint density at radius 1 is 1.00 bits per heavy atom. The number of hydrogen-bond donors (Lipinski definition) is 4. The molecule has 1 aromatic heterocycles. The van der Waals surface area contributed by atoms with Crippen LogP contribution in [-0.2, 0) is 11.2 Å². The van der Waals surface area contributed by atoms with Crippen LogP contribution in [0.25, 0.3) is 11.3 Å². The van der Waals surface area contributed by atoms with E-state index in [1.54, 1.807) is 42.6 Å². The molecule has 5 rings (SSSR count). The van der Waals surface area contributed by atoms with Crippen molar-refractivity contribution in [2.24, 2.45) is 0 Å². The molecule has 0 saturated carbocycles. The minimum Gasteiger partial charge on any atom is -0.508 e. The van der Waals surface area contributed by atoms with Crippen molar-refractivity contribution >= 4 is 57.4 Å². The van der Waals surface area contributed by atoms with Crippen molar-refractivity contribution in [3.05, 3.63) is 87.6 Å². The first-order valence-electron chi connectivity index (χ1n) is 10.4. The van der Waals surface area contributed by atoms with Crippen molar-refractivity contribution in [1.82, 2.24) is 9.97 Å². The molecule has 0 fully saturated rings. The lowest BCUT2D eigenvalue weighted by atomic mass is 10.1. The minimum absolute atomic E-state index is 0.104. The number of phenols is 1. The van der Waals surface area contributed by atoms with Gasteiger partial charge in [0.05, 0.1) is 17.8 Å². The van der Waals surface area contributed by atoms with E-state index < -0.39 is 0 Å². The largest absolute Gasteiger partial charge is 0.508 e. The van der Waals surface area contributed by atoms with E-state index in [-0.39, 0.29) is 24.0 Å². The lowest BCUT2D eigenvalue weighted by molar-refractivity contribution is -0.115. The molecule has 1 aliphatic rings. The SMILES string of the molecule is O=C1Cc2cnc(Nc3ccc(C(=O)Nc4ccc(O)cc4)cc3)nc2-c2ccc(I)cc2N1. The zero-order valence-electron chi connectivity index (χ0n) is 17.7. The Bertz CT molecular complexity index is 1410. The molecule has 9 heteroatoms. The van der Waals surface area contributed by atoms with Gasteiger partial charge in [-0.1, -0.05) is 0 Å². The predicted molar refractivity (Wildman–Crippen MR) is 138 cm³/mol. The number of benzene rings is 3. The molecule has 0 bridgehead atoms. The van der Waals surface area contributed by atoms with E-state index in [9.17, 15) is 14.7 Å². The Kier molecular flexibility index (Phi) is 5.84. The summed E-state index contributed by atoms with van der Waals surface area (Å²) in [6.07, 6.45) is 1.86. The summed E-state index contributed by atoms with van der Waals surface area (Å²) in [5.41, 5.74) is 4.81. The molecule has 34 heavy (non-hydrogen) atoms. The van der Waals surface area contributed by atoms with Gasteiger partial charge < -0.3 is 21.1 Å². The first-order chi connectivity index (χ1) is 16.4. The molecule has 4 N–H and O–H groups in total. The molecule has 8 nitrogen and oxygen atoms in total. The van der Waals surface area contributed by atoms with Gasteiger partial charge >= 0.3 is 0 Å². The number of nitrogens with one attached hydrogen (secondary N) is 3. The maximum atomic E-state index is 12.5. The number of halogens is 1. The maximum Gasteiger partial charge on any atom is 0.255 e. The number of aromatic hydroxyl groups is 1. The third-order valence-corrected chi connectivity index (χ3v) is 5.93. The van der Waals surface area contributed by atoms with Gasteiger partial charge in [-0.2, -0.15) is 0 Å². The normalized spacial score (nSPS) is 12.1. The van der Waals surface area contributed by atoms with Crippen molar-refractivity contribution in [3.63, 3.8) is 0 Å². The van der Waals surface area contributed by atoms with Crippen LogP contribution in [-0.4, -0.2) is 26.9 Å². The van der Waals surface area contributed by atoms with Crippen LogP contribution in [0.5, 0.6) is 5.75 Å². The number of fused-ring (bicyclic) bond motifs is 3. The second kappa shape index (κ2) is 9.10. The second-order valence-corrected chi connectivity index (χ2v) is 8.93. The van der Waals surface area contributed by atoms with Crippen molar-refractivity contribution in [2.75, 3.05) is 16.0 Å². The number of anilines is 4. The van der Waals surface area contributed by atoms with Crippen LogP contribution in [0.4, 0.5) is 23.0 Å². The van der Waals surface area contributed by atoms with Gasteiger partial charge in [0.1, 0.15) is 5.75 Å². The van der Waals surface area contributed by atoms with Crippen LogP contribution < -0.4 is 16.0 Å². The summed E-state index contributed by atoms with van der Waals surface area (Å²) in [6.45, 7) is 0. The Labute approximate surface area is 208 Å². The number of carbonyl (C=O) groups is 2. The van der Waals surface area contributed by atoms with Gasteiger partial charge in [-0.05, 0) is 89.3 Å². The molecular formula is C25H18IN5O3. The molecule has 4 aromatic rings. The Morgan fingerprint density at radius 2 is 1.74 bits per heavy atom. The molecule has 2 amide bonds. The lowest BCUT2D eigenvalue weighted by Gasteiger charge is -2.11. The summed E-state index contributed by atoms with van der Waals surface area (Å²) in [6, 6.07) is 19.0. The van der Waals surface area contributed by atoms with Crippen molar-refractivity contribution < 1.29 is 14.7 Å². The first kappa shape index (κ1) is 21.8. The van der Waals surface area contributed by atoms with E-state index in [1.165, 1.54) is 12.1 Å². The summed E-state index contributed by atoms with van der Waals surface area (Å²) < 4.78 is 1.02. The van der Waals surface area contributed by atoms with Gasteiger partial charge in [0, 0.05) is 37.8 Å². The molecule has 1 aliphatic heterocycles.